The fraction of sp³-hybridized carbons (Fsp3) is 0.455. The second kappa shape index (κ2) is 4.49. The molecule has 1 heterocycles. The Kier molecular flexibility index (Phi) is 3.05. The molecule has 5 heteroatoms. The van der Waals surface area contributed by atoms with Crippen LogP contribution in [0.1, 0.15) is 23.2 Å². The molecule has 5 nitrogen and oxygen atoms in total. The number of hydrogen-bond acceptors (Lipinski definition) is 4. The minimum absolute atomic E-state index is 0.250. The number of aromatic carboxylic acids is 1. The topological polar surface area (TPSA) is 71.5 Å². The molecule has 0 bridgehead atoms. The van der Waals surface area contributed by atoms with E-state index in [1.165, 1.54) is 12.3 Å². The van der Waals surface area contributed by atoms with Gasteiger partial charge in [0, 0.05) is 19.3 Å². The number of carbonyl (C=O) groups is 1. The Morgan fingerprint density at radius 3 is 3.00 bits per heavy atom. The maximum absolute atomic E-state index is 10.7. The number of hydrogen-bond donors (Lipinski definition) is 2. The highest BCUT2D eigenvalue weighted by Gasteiger charge is 2.29. The van der Waals surface area contributed by atoms with Crippen LogP contribution in [0.25, 0.3) is 0 Å². The minimum Gasteiger partial charge on any atom is -0.478 e. The second-order valence-electron chi connectivity index (χ2n) is 3.91. The van der Waals surface area contributed by atoms with Gasteiger partial charge < -0.3 is 15.2 Å². The summed E-state index contributed by atoms with van der Waals surface area (Å²) in [6, 6.07) is 3.36. The van der Waals surface area contributed by atoms with Crippen LogP contribution < -0.4 is 5.32 Å². The third-order valence-corrected chi connectivity index (χ3v) is 2.79. The highest BCUT2D eigenvalue weighted by Crippen LogP contribution is 2.25. The van der Waals surface area contributed by atoms with Crippen LogP contribution >= 0.6 is 0 Å². The van der Waals surface area contributed by atoms with E-state index in [9.17, 15) is 4.79 Å². The van der Waals surface area contributed by atoms with Crippen molar-refractivity contribution >= 4 is 11.8 Å². The molecule has 0 atom stereocenters. The third kappa shape index (κ3) is 2.30. The zero-order valence-corrected chi connectivity index (χ0v) is 9.01. The number of anilines is 1. The maximum Gasteiger partial charge on any atom is 0.335 e. The van der Waals surface area contributed by atoms with Crippen molar-refractivity contribution in [1.82, 2.24) is 4.98 Å². The van der Waals surface area contributed by atoms with Gasteiger partial charge in [-0.3, -0.25) is 0 Å². The zero-order valence-electron chi connectivity index (χ0n) is 9.01. The van der Waals surface area contributed by atoms with Gasteiger partial charge in [-0.05, 0) is 25.0 Å². The molecule has 2 rings (SSSR count). The SMILES string of the molecule is COC1CC(Nc2cc(C(=O)O)ccn2)C1. The smallest absolute Gasteiger partial charge is 0.335 e. The Labute approximate surface area is 93.5 Å². The normalized spacial score (nSPS) is 23.6. The first-order chi connectivity index (χ1) is 7.69. The molecule has 1 aromatic rings. The van der Waals surface area contributed by atoms with E-state index in [-0.39, 0.29) is 5.56 Å². The largest absolute Gasteiger partial charge is 0.478 e. The van der Waals surface area contributed by atoms with Gasteiger partial charge in [0.1, 0.15) is 5.82 Å². The fourth-order valence-electron chi connectivity index (χ4n) is 1.73. The molecule has 1 saturated carbocycles. The summed E-state index contributed by atoms with van der Waals surface area (Å²) in [5, 5.41) is 12.0. The maximum atomic E-state index is 10.7. The Morgan fingerprint density at radius 2 is 2.38 bits per heavy atom. The number of rotatable bonds is 4. The number of aromatic nitrogens is 1. The van der Waals surface area contributed by atoms with Crippen LogP contribution in [0.15, 0.2) is 18.3 Å². The third-order valence-electron chi connectivity index (χ3n) is 2.79. The zero-order chi connectivity index (χ0) is 11.5. The van der Waals surface area contributed by atoms with Crippen molar-refractivity contribution in [1.29, 1.82) is 0 Å². The van der Waals surface area contributed by atoms with Crippen molar-refractivity contribution in [3.63, 3.8) is 0 Å². The number of methoxy groups -OCH3 is 1. The minimum atomic E-state index is -0.936. The Balaban J connectivity index is 1.95. The highest BCUT2D eigenvalue weighted by atomic mass is 16.5. The van der Waals surface area contributed by atoms with Crippen molar-refractivity contribution < 1.29 is 14.6 Å². The van der Waals surface area contributed by atoms with Gasteiger partial charge in [0.15, 0.2) is 0 Å². The molecule has 1 fully saturated rings. The summed E-state index contributed by atoms with van der Waals surface area (Å²) in [7, 11) is 1.70. The number of carboxylic acids is 1. The van der Waals surface area contributed by atoms with Gasteiger partial charge in [0.25, 0.3) is 0 Å². The first-order valence-corrected chi connectivity index (χ1v) is 5.17. The van der Waals surface area contributed by atoms with Gasteiger partial charge in [0.05, 0.1) is 11.7 Å². The summed E-state index contributed by atoms with van der Waals surface area (Å²) >= 11 is 0. The van der Waals surface area contributed by atoms with Crippen LogP contribution in [0.2, 0.25) is 0 Å². The van der Waals surface area contributed by atoms with E-state index in [0.29, 0.717) is 18.0 Å². The molecular weight excluding hydrogens is 208 g/mol. The van der Waals surface area contributed by atoms with Gasteiger partial charge in [-0.15, -0.1) is 0 Å². The summed E-state index contributed by atoms with van der Waals surface area (Å²) in [4.78, 5) is 14.8. The van der Waals surface area contributed by atoms with E-state index in [1.54, 1.807) is 13.2 Å². The summed E-state index contributed by atoms with van der Waals surface area (Å²) < 4.78 is 5.16. The first kappa shape index (κ1) is 10.9. The molecule has 86 valence electrons. The van der Waals surface area contributed by atoms with Crippen molar-refractivity contribution in [2.24, 2.45) is 0 Å². The van der Waals surface area contributed by atoms with Crippen LogP contribution in [0.5, 0.6) is 0 Å². The van der Waals surface area contributed by atoms with Gasteiger partial charge in [0.2, 0.25) is 0 Å². The Hall–Kier alpha value is -1.62. The van der Waals surface area contributed by atoms with E-state index < -0.39 is 5.97 Å². The number of carboxylic acid groups (broad SMARTS) is 1. The number of pyridine rings is 1. The van der Waals surface area contributed by atoms with Crippen molar-refractivity contribution in [3.8, 4) is 0 Å². The van der Waals surface area contributed by atoms with Crippen LogP contribution in [-0.2, 0) is 4.74 Å². The van der Waals surface area contributed by atoms with Gasteiger partial charge >= 0.3 is 5.97 Å². The molecule has 16 heavy (non-hydrogen) atoms. The molecule has 1 aliphatic rings. The van der Waals surface area contributed by atoms with E-state index >= 15 is 0 Å². The average molecular weight is 222 g/mol. The lowest BCUT2D eigenvalue weighted by molar-refractivity contribution is 0.0328. The molecule has 0 unspecified atom stereocenters. The van der Waals surface area contributed by atoms with Crippen LogP contribution in [-0.4, -0.2) is 35.3 Å². The lowest BCUT2D eigenvalue weighted by atomic mass is 9.89. The van der Waals surface area contributed by atoms with Crippen molar-refractivity contribution in [2.75, 3.05) is 12.4 Å². The standard InChI is InChI=1S/C11H14N2O3/c1-16-9-5-8(6-9)13-10-4-7(11(14)15)2-3-12-10/h2-4,8-9H,5-6H2,1H3,(H,12,13)(H,14,15). The number of nitrogens with zero attached hydrogens (tertiary/aromatic N) is 1. The monoisotopic (exact) mass is 222 g/mol. The predicted octanol–water partition coefficient (Wildman–Crippen LogP) is 1.37. The van der Waals surface area contributed by atoms with Crippen LogP contribution in [0.4, 0.5) is 5.82 Å². The second-order valence-corrected chi connectivity index (χ2v) is 3.91. The van der Waals surface area contributed by atoms with Gasteiger partial charge in [-0.2, -0.15) is 0 Å². The summed E-state index contributed by atoms with van der Waals surface area (Å²) in [6.45, 7) is 0. The molecule has 0 saturated heterocycles. The van der Waals surface area contributed by atoms with E-state index in [0.717, 1.165) is 12.8 Å². The predicted molar refractivity (Wildman–Crippen MR) is 58.6 cm³/mol. The molecule has 0 radical (unpaired) electrons. The molecule has 1 aromatic heterocycles. The molecular formula is C11H14N2O3. The number of ether oxygens (including phenoxy) is 1. The van der Waals surface area contributed by atoms with Gasteiger partial charge in [-0.25, -0.2) is 9.78 Å². The van der Waals surface area contributed by atoms with Crippen LogP contribution in [0.3, 0.4) is 0 Å². The van der Waals surface area contributed by atoms with Crippen molar-refractivity contribution in [3.05, 3.63) is 23.9 Å². The summed E-state index contributed by atoms with van der Waals surface area (Å²) in [6.07, 6.45) is 3.70. The summed E-state index contributed by atoms with van der Waals surface area (Å²) in [5.74, 6) is -0.326. The van der Waals surface area contributed by atoms with E-state index in [2.05, 4.69) is 10.3 Å². The molecule has 0 spiro atoms. The quantitative estimate of drug-likeness (QED) is 0.805. The molecule has 2 N–H and O–H groups in total. The lowest BCUT2D eigenvalue weighted by Crippen LogP contribution is -2.40. The fourth-order valence-corrected chi connectivity index (χ4v) is 1.73. The van der Waals surface area contributed by atoms with Crippen LogP contribution in [0, 0.1) is 0 Å². The first-order valence-electron chi connectivity index (χ1n) is 5.17. The molecule has 1 aliphatic carbocycles. The number of nitrogens with one attached hydrogen (secondary N) is 1. The van der Waals surface area contributed by atoms with Gasteiger partial charge in [-0.1, -0.05) is 0 Å². The molecule has 0 aromatic carbocycles. The molecule has 0 amide bonds. The molecule has 0 aliphatic heterocycles. The lowest BCUT2D eigenvalue weighted by Gasteiger charge is -2.34. The van der Waals surface area contributed by atoms with Crippen molar-refractivity contribution in [2.45, 2.75) is 25.0 Å². The Morgan fingerprint density at radius 1 is 1.62 bits per heavy atom. The Bertz CT molecular complexity index is 389. The highest BCUT2D eigenvalue weighted by molar-refractivity contribution is 5.88. The summed E-state index contributed by atoms with van der Waals surface area (Å²) in [5.41, 5.74) is 0.250. The average Bonchev–Trinajstić information content (AvgIpc) is 2.23. The van der Waals surface area contributed by atoms with E-state index in [1.807, 2.05) is 0 Å². The van der Waals surface area contributed by atoms with E-state index in [4.69, 9.17) is 9.84 Å².